The largest absolute Gasteiger partial charge is 0.467 e. The molecule has 2 fully saturated rings. The third-order valence-electron chi connectivity index (χ3n) is 7.63. The van der Waals surface area contributed by atoms with Crippen LogP contribution in [0.15, 0.2) is 11.8 Å². The van der Waals surface area contributed by atoms with Crippen molar-refractivity contribution in [2.75, 3.05) is 39.9 Å². The van der Waals surface area contributed by atoms with E-state index >= 15 is 0 Å². The zero-order valence-electron chi connectivity index (χ0n) is 23.6. The molecule has 3 aliphatic rings. The molecule has 3 rings (SSSR count). The van der Waals surface area contributed by atoms with E-state index in [1.807, 2.05) is 6.08 Å². The van der Waals surface area contributed by atoms with Gasteiger partial charge in [-0.1, -0.05) is 0 Å². The van der Waals surface area contributed by atoms with Crippen molar-refractivity contribution in [1.82, 2.24) is 16.0 Å². The van der Waals surface area contributed by atoms with Gasteiger partial charge in [0.1, 0.15) is 41.9 Å². The summed E-state index contributed by atoms with van der Waals surface area (Å²) in [5.74, 6) is -0.170. The predicted molar refractivity (Wildman–Crippen MR) is 145 cm³/mol. The quantitative estimate of drug-likeness (QED) is 0.0891. The van der Waals surface area contributed by atoms with Crippen molar-refractivity contribution in [3.8, 4) is 0 Å². The molecular formula is C25H48N6O10. The minimum Gasteiger partial charge on any atom is -0.467 e. The van der Waals surface area contributed by atoms with E-state index in [0.717, 1.165) is 0 Å². The Morgan fingerprint density at radius 3 is 2.56 bits per heavy atom. The zero-order chi connectivity index (χ0) is 30.3. The smallest absolute Gasteiger partial charge is 0.249 e. The Labute approximate surface area is 239 Å². The first-order chi connectivity index (χ1) is 19.4. The van der Waals surface area contributed by atoms with Crippen LogP contribution >= 0.6 is 0 Å². The number of carbonyl (C=O) groups excluding carboxylic acids is 1. The van der Waals surface area contributed by atoms with Gasteiger partial charge in [-0.15, -0.1) is 0 Å². The van der Waals surface area contributed by atoms with Crippen LogP contribution in [0.1, 0.15) is 26.2 Å². The highest BCUT2D eigenvalue weighted by atomic mass is 16.7. The lowest BCUT2D eigenvalue weighted by Crippen LogP contribution is -2.69. The molecule has 1 aliphatic carbocycles. The number of carbonyl (C=O) groups is 1. The van der Waals surface area contributed by atoms with Crippen molar-refractivity contribution in [3.05, 3.63) is 11.8 Å². The minimum absolute atomic E-state index is 0.0216. The Hall–Kier alpha value is -1.51. The molecule has 16 nitrogen and oxygen atoms in total. The Morgan fingerprint density at radius 1 is 1.20 bits per heavy atom. The highest BCUT2D eigenvalue weighted by molar-refractivity contribution is 5.80. The lowest BCUT2D eigenvalue weighted by Gasteiger charge is -2.48. The van der Waals surface area contributed by atoms with Gasteiger partial charge < -0.3 is 77.6 Å². The van der Waals surface area contributed by atoms with E-state index in [0.29, 0.717) is 25.3 Å². The lowest BCUT2D eigenvalue weighted by atomic mass is 9.83. The third kappa shape index (κ3) is 8.54. The Bertz CT molecular complexity index is 869. The summed E-state index contributed by atoms with van der Waals surface area (Å²) in [6.07, 6.45) is -6.40. The highest BCUT2D eigenvalue weighted by Gasteiger charge is 2.51. The summed E-state index contributed by atoms with van der Waals surface area (Å²) in [5.41, 5.74) is 16.7. The molecule has 0 aromatic rings. The number of rotatable bonds is 13. The number of aliphatic hydroxyl groups is 5. The minimum atomic E-state index is -1.46. The Morgan fingerprint density at radius 2 is 1.90 bits per heavy atom. The fraction of sp³-hybridized carbons (Fsp3) is 0.880. The first kappa shape index (κ1) is 34.0. The Balaban J connectivity index is 1.79. The molecule has 0 bridgehead atoms. The molecule has 1 saturated carbocycles. The van der Waals surface area contributed by atoms with Gasteiger partial charge in [0.05, 0.1) is 37.9 Å². The summed E-state index contributed by atoms with van der Waals surface area (Å²) >= 11 is 0. The van der Waals surface area contributed by atoms with Gasteiger partial charge in [0, 0.05) is 12.6 Å². The van der Waals surface area contributed by atoms with Crippen molar-refractivity contribution in [3.63, 3.8) is 0 Å². The van der Waals surface area contributed by atoms with Crippen LogP contribution in [0.25, 0.3) is 0 Å². The number of nitrogens with two attached hydrogens (primary N) is 3. The second-order valence-corrected chi connectivity index (χ2v) is 11.0. The van der Waals surface area contributed by atoms with Gasteiger partial charge in [-0.05, 0) is 45.9 Å². The van der Waals surface area contributed by atoms with E-state index in [1.165, 1.54) is 6.92 Å². The van der Waals surface area contributed by atoms with Crippen LogP contribution in [0.2, 0.25) is 0 Å². The maximum absolute atomic E-state index is 12.7. The van der Waals surface area contributed by atoms with Gasteiger partial charge in [0.2, 0.25) is 12.2 Å². The summed E-state index contributed by atoms with van der Waals surface area (Å²) in [6, 6.07) is -3.12. The monoisotopic (exact) mass is 592 g/mol. The molecule has 2 heterocycles. The van der Waals surface area contributed by atoms with Gasteiger partial charge in [-0.3, -0.25) is 4.79 Å². The van der Waals surface area contributed by atoms with E-state index in [-0.39, 0.29) is 32.6 Å². The first-order valence-electron chi connectivity index (χ1n) is 14.0. The molecule has 0 aromatic heterocycles. The second kappa shape index (κ2) is 15.3. The SMILES string of the molecule is CNC1C(O)C(OC2C(NC(=O)C(O)CCN)CC(N)C(OC3OC(CNCCO)=CCC3N)C2O)OC[C@]1(C)O. The van der Waals surface area contributed by atoms with Gasteiger partial charge in [-0.2, -0.15) is 0 Å². The zero-order valence-corrected chi connectivity index (χ0v) is 23.6. The molecule has 0 aromatic carbocycles. The van der Waals surface area contributed by atoms with Gasteiger partial charge in [-0.25, -0.2) is 0 Å². The molecule has 2 aliphatic heterocycles. The third-order valence-corrected chi connectivity index (χ3v) is 7.63. The lowest BCUT2D eigenvalue weighted by molar-refractivity contribution is -0.304. The molecule has 12 atom stereocenters. The van der Waals surface area contributed by atoms with Crippen molar-refractivity contribution in [1.29, 1.82) is 0 Å². The van der Waals surface area contributed by atoms with Crippen LogP contribution in [0.4, 0.5) is 0 Å². The van der Waals surface area contributed by atoms with Crippen molar-refractivity contribution >= 4 is 5.91 Å². The maximum atomic E-state index is 12.7. The summed E-state index contributed by atoms with van der Waals surface area (Å²) in [5, 5.41) is 60.7. The number of hydrogen-bond donors (Lipinski definition) is 11. The Kier molecular flexibility index (Phi) is 12.7. The van der Waals surface area contributed by atoms with Gasteiger partial charge in [0.15, 0.2) is 6.29 Å². The summed E-state index contributed by atoms with van der Waals surface area (Å²) in [7, 11) is 1.57. The van der Waals surface area contributed by atoms with E-state index < -0.39 is 78.8 Å². The summed E-state index contributed by atoms with van der Waals surface area (Å²) in [4.78, 5) is 12.7. The van der Waals surface area contributed by atoms with Crippen LogP contribution in [0, 0.1) is 0 Å². The number of nitrogens with one attached hydrogen (secondary N) is 3. The number of ether oxygens (including phenoxy) is 4. The average molecular weight is 593 g/mol. The molecule has 238 valence electrons. The normalized spacial score (nSPS) is 40.4. The van der Waals surface area contributed by atoms with Crippen LogP contribution in [0.5, 0.6) is 0 Å². The van der Waals surface area contributed by atoms with Crippen LogP contribution in [0.3, 0.4) is 0 Å². The molecule has 1 saturated heterocycles. The number of amides is 1. The maximum Gasteiger partial charge on any atom is 0.249 e. The average Bonchev–Trinajstić information content (AvgIpc) is 2.91. The predicted octanol–water partition coefficient (Wildman–Crippen LogP) is -5.36. The molecule has 0 spiro atoms. The van der Waals surface area contributed by atoms with E-state index in [1.54, 1.807) is 7.05 Å². The number of likely N-dealkylation sites (N-methyl/N-ethyl adjacent to an activating group) is 1. The molecule has 1 amide bonds. The molecule has 0 radical (unpaired) electrons. The van der Waals surface area contributed by atoms with Crippen LogP contribution in [-0.4, -0.2) is 144 Å². The van der Waals surface area contributed by atoms with Crippen LogP contribution < -0.4 is 33.2 Å². The molecule has 41 heavy (non-hydrogen) atoms. The van der Waals surface area contributed by atoms with E-state index in [2.05, 4.69) is 16.0 Å². The van der Waals surface area contributed by atoms with Crippen molar-refractivity contribution < 1.29 is 49.3 Å². The fourth-order valence-corrected chi connectivity index (χ4v) is 5.38. The fourth-order valence-electron chi connectivity index (χ4n) is 5.38. The number of aliphatic hydroxyl groups excluding tert-OH is 4. The van der Waals surface area contributed by atoms with E-state index in [9.17, 15) is 25.2 Å². The highest BCUT2D eigenvalue weighted by Crippen LogP contribution is 2.32. The summed E-state index contributed by atoms with van der Waals surface area (Å²) < 4.78 is 23.7. The van der Waals surface area contributed by atoms with E-state index in [4.69, 9.17) is 41.3 Å². The standard InChI is InChI=1S/C25H48N6O10/c1-25(37)11-38-24(18(35)21(25)29-2)41-20-15(31-22(36)16(33)5-6-26)9-14(28)19(17(20)34)40-23-13(27)4-3-12(39-23)10-30-7-8-32/h3,13-21,23-24,29-30,32-35,37H,4-11,26-28H2,1-2H3,(H,31,36)/t13?,14?,15?,16?,17?,18?,19?,20?,21?,23?,24?,25-/m0/s1. The van der Waals surface area contributed by atoms with Gasteiger partial charge in [0.25, 0.3) is 0 Å². The molecule has 14 N–H and O–H groups in total. The second-order valence-electron chi connectivity index (χ2n) is 11.0. The first-order valence-corrected chi connectivity index (χ1v) is 14.0. The number of hydrogen-bond acceptors (Lipinski definition) is 15. The van der Waals surface area contributed by atoms with Crippen molar-refractivity contribution in [2.45, 2.75) is 99.1 Å². The molecule has 11 unspecified atom stereocenters. The van der Waals surface area contributed by atoms with Crippen molar-refractivity contribution in [2.24, 2.45) is 17.2 Å². The van der Waals surface area contributed by atoms with Crippen LogP contribution in [-0.2, 0) is 23.7 Å². The summed E-state index contributed by atoms with van der Waals surface area (Å²) in [6.45, 7) is 2.07. The molecular weight excluding hydrogens is 544 g/mol. The topological polar surface area (TPSA) is 269 Å². The van der Waals surface area contributed by atoms with Gasteiger partial charge >= 0.3 is 0 Å². The molecule has 16 heteroatoms.